The van der Waals surface area contributed by atoms with E-state index >= 15 is 0 Å². The zero-order chi connectivity index (χ0) is 19.3. The lowest BCUT2D eigenvalue weighted by atomic mass is 10.1. The van der Waals surface area contributed by atoms with Crippen molar-refractivity contribution in [3.8, 4) is 16.3 Å². The van der Waals surface area contributed by atoms with Crippen molar-refractivity contribution in [3.05, 3.63) is 34.3 Å². The van der Waals surface area contributed by atoms with Gasteiger partial charge in [0.05, 0.1) is 12.8 Å². The molecule has 26 heavy (non-hydrogen) atoms. The molecule has 2 rings (SSSR count). The Labute approximate surface area is 160 Å². The number of thiazole rings is 1. The molecule has 0 bridgehead atoms. The molecule has 0 aliphatic carbocycles. The summed E-state index contributed by atoms with van der Waals surface area (Å²) < 4.78 is 5.32. The SMILES string of the molecule is CCN(CC)CCN(C)C(=O)c1sc(-c2ccc(OC)c(C)c2)nc1C. The first-order valence-electron chi connectivity index (χ1n) is 9.01. The number of benzene rings is 1. The van der Waals surface area contributed by atoms with Crippen LogP contribution in [0.2, 0.25) is 0 Å². The van der Waals surface area contributed by atoms with Crippen molar-refractivity contribution in [1.29, 1.82) is 0 Å². The quantitative estimate of drug-likeness (QED) is 0.703. The van der Waals surface area contributed by atoms with Crippen LogP contribution in [0.1, 0.15) is 34.8 Å². The van der Waals surface area contributed by atoms with E-state index in [0.717, 1.165) is 58.6 Å². The number of amides is 1. The number of likely N-dealkylation sites (N-methyl/N-ethyl adjacent to an activating group) is 2. The highest BCUT2D eigenvalue weighted by molar-refractivity contribution is 7.17. The summed E-state index contributed by atoms with van der Waals surface area (Å²) in [7, 11) is 3.53. The van der Waals surface area contributed by atoms with Crippen LogP contribution in [0.5, 0.6) is 5.75 Å². The fraction of sp³-hybridized carbons (Fsp3) is 0.500. The van der Waals surface area contributed by atoms with E-state index in [4.69, 9.17) is 4.74 Å². The van der Waals surface area contributed by atoms with Gasteiger partial charge in [-0.25, -0.2) is 4.98 Å². The fourth-order valence-corrected chi connectivity index (χ4v) is 3.89. The van der Waals surface area contributed by atoms with E-state index in [1.165, 1.54) is 11.3 Å². The van der Waals surface area contributed by atoms with Crippen LogP contribution in [0.25, 0.3) is 10.6 Å². The van der Waals surface area contributed by atoms with Gasteiger partial charge >= 0.3 is 0 Å². The second kappa shape index (κ2) is 9.14. The Kier molecular flexibility index (Phi) is 7.17. The highest BCUT2D eigenvalue weighted by atomic mass is 32.1. The van der Waals surface area contributed by atoms with Crippen LogP contribution >= 0.6 is 11.3 Å². The fourth-order valence-electron chi connectivity index (χ4n) is 2.84. The largest absolute Gasteiger partial charge is 0.496 e. The Morgan fingerprint density at radius 1 is 1.19 bits per heavy atom. The summed E-state index contributed by atoms with van der Waals surface area (Å²) in [5.41, 5.74) is 2.86. The summed E-state index contributed by atoms with van der Waals surface area (Å²) in [6.45, 7) is 11.8. The van der Waals surface area contributed by atoms with Crippen molar-refractivity contribution in [2.24, 2.45) is 0 Å². The van der Waals surface area contributed by atoms with E-state index in [9.17, 15) is 4.79 Å². The molecule has 0 saturated heterocycles. The molecule has 5 nitrogen and oxygen atoms in total. The average Bonchev–Trinajstić information content (AvgIpc) is 3.03. The summed E-state index contributed by atoms with van der Waals surface area (Å²) in [5.74, 6) is 0.901. The predicted molar refractivity (Wildman–Crippen MR) is 108 cm³/mol. The van der Waals surface area contributed by atoms with Crippen molar-refractivity contribution in [2.75, 3.05) is 40.3 Å². The first kappa shape index (κ1) is 20.4. The van der Waals surface area contributed by atoms with Crippen LogP contribution in [-0.4, -0.2) is 61.0 Å². The zero-order valence-electron chi connectivity index (χ0n) is 16.6. The third kappa shape index (κ3) is 4.62. The minimum Gasteiger partial charge on any atom is -0.496 e. The Morgan fingerprint density at radius 3 is 2.46 bits per heavy atom. The molecule has 0 saturated carbocycles. The Bertz CT molecular complexity index is 754. The van der Waals surface area contributed by atoms with Crippen LogP contribution in [0.3, 0.4) is 0 Å². The van der Waals surface area contributed by atoms with Crippen LogP contribution in [0, 0.1) is 13.8 Å². The number of nitrogens with zero attached hydrogens (tertiary/aromatic N) is 3. The standard InChI is InChI=1S/C20H29N3O2S/c1-7-23(8-2)12-11-22(5)20(24)18-15(4)21-19(26-18)16-9-10-17(25-6)14(3)13-16/h9-10,13H,7-8,11-12H2,1-6H3. The molecule has 0 spiro atoms. The van der Waals surface area contributed by atoms with Gasteiger partial charge < -0.3 is 14.5 Å². The lowest BCUT2D eigenvalue weighted by Crippen LogP contribution is -2.36. The molecule has 0 fully saturated rings. The second-order valence-corrected chi connectivity index (χ2v) is 7.37. The van der Waals surface area contributed by atoms with Gasteiger partial charge in [-0.3, -0.25) is 4.79 Å². The molecular weight excluding hydrogens is 346 g/mol. The summed E-state index contributed by atoms with van der Waals surface area (Å²) >= 11 is 1.46. The van der Waals surface area contributed by atoms with Gasteiger partial charge in [-0.05, 0) is 50.7 Å². The third-order valence-electron chi connectivity index (χ3n) is 4.63. The van der Waals surface area contributed by atoms with Crippen LogP contribution in [0.15, 0.2) is 18.2 Å². The van der Waals surface area contributed by atoms with E-state index in [2.05, 4.69) is 29.8 Å². The summed E-state index contributed by atoms with van der Waals surface area (Å²) in [5, 5.41) is 0.869. The molecule has 1 heterocycles. The van der Waals surface area contributed by atoms with Gasteiger partial charge in [0.15, 0.2) is 0 Å². The van der Waals surface area contributed by atoms with E-state index in [1.54, 1.807) is 12.0 Å². The van der Waals surface area contributed by atoms with E-state index in [-0.39, 0.29) is 5.91 Å². The number of hydrogen-bond acceptors (Lipinski definition) is 5. The summed E-state index contributed by atoms with van der Waals surface area (Å²) in [6, 6.07) is 5.98. The van der Waals surface area contributed by atoms with Crippen molar-refractivity contribution in [1.82, 2.24) is 14.8 Å². The lowest BCUT2D eigenvalue weighted by molar-refractivity contribution is 0.0783. The van der Waals surface area contributed by atoms with Crippen molar-refractivity contribution >= 4 is 17.2 Å². The van der Waals surface area contributed by atoms with Gasteiger partial charge in [0, 0.05) is 25.7 Å². The van der Waals surface area contributed by atoms with Crippen LogP contribution < -0.4 is 4.74 Å². The minimum absolute atomic E-state index is 0.0450. The smallest absolute Gasteiger partial charge is 0.265 e. The molecule has 0 N–H and O–H groups in total. The Balaban J connectivity index is 2.16. The van der Waals surface area contributed by atoms with Crippen LogP contribution in [0.4, 0.5) is 0 Å². The van der Waals surface area contributed by atoms with E-state index in [0.29, 0.717) is 0 Å². The number of methoxy groups -OCH3 is 1. The highest BCUT2D eigenvalue weighted by Crippen LogP contribution is 2.31. The molecule has 0 aliphatic rings. The van der Waals surface area contributed by atoms with Crippen molar-refractivity contribution in [3.63, 3.8) is 0 Å². The molecule has 2 aromatic rings. The maximum atomic E-state index is 12.8. The first-order valence-corrected chi connectivity index (χ1v) is 9.83. The summed E-state index contributed by atoms with van der Waals surface area (Å²) in [6.07, 6.45) is 0. The molecule has 142 valence electrons. The minimum atomic E-state index is 0.0450. The molecule has 0 atom stereocenters. The van der Waals surface area contributed by atoms with Gasteiger partial charge in [-0.1, -0.05) is 13.8 Å². The average molecular weight is 376 g/mol. The summed E-state index contributed by atoms with van der Waals surface area (Å²) in [4.78, 5) is 22.3. The number of rotatable bonds is 8. The lowest BCUT2D eigenvalue weighted by Gasteiger charge is -2.22. The third-order valence-corrected chi connectivity index (χ3v) is 5.82. The number of ether oxygens (including phenoxy) is 1. The molecule has 1 amide bonds. The molecule has 6 heteroatoms. The second-order valence-electron chi connectivity index (χ2n) is 6.37. The molecule has 1 aromatic heterocycles. The van der Waals surface area contributed by atoms with Gasteiger partial charge in [0.25, 0.3) is 5.91 Å². The van der Waals surface area contributed by atoms with Crippen molar-refractivity contribution in [2.45, 2.75) is 27.7 Å². The molecular formula is C20H29N3O2S. The monoisotopic (exact) mass is 375 g/mol. The normalized spacial score (nSPS) is 11.0. The first-order chi connectivity index (χ1) is 12.4. The number of aryl methyl sites for hydroxylation is 2. The van der Waals surface area contributed by atoms with Gasteiger partial charge in [0.2, 0.25) is 0 Å². The number of carbonyl (C=O) groups excluding carboxylic acids is 1. The molecule has 1 aromatic carbocycles. The molecule has 0 radical (unpaired) electrons. The van der Waals surface area contributed by atoms with Gasteiger partial charge in [-0.2, -0.15) is 0 Å². The number of hydrogen-bond donors (Lipinski definition) is 0. The number of aromatic nitrogens is 1. The Hall–Kier alpha value is -1.92. The molecule has 0 unspecified atom stereocenters. The van der Waals surface area contributed by atoms with Gasteiger partial charge in [-0.15, -0.1) is 11.3 Å². The van der Waals surface area contributed by atoms with Crippen LogP contribution in [-0.2, 0) is 0 Å². The van der Waals surface area contributed by atoms with Crippen molar-refractivity contribution < 1.29 is 9.53 Å². The van der Waals surface area contributed by atoms with E-state index in [1.807, 2.05) is 33.0 Å². The predicted octanol–water partition coefficient (Wildman–Crippen LogP) is 3.85. The molecule has 0 aliphatic heterocycles. The van der Waals surface area contributed by atoms with Gasteiger partial charge in [0.1, 0.15) is 15.6 Å². The topological polar surface area (TPSA) is 45.7 Å². The maximum Gasteiger partial charge on any atom is 0.265 e. The zero-order valence-corrected chi connectivity index (χ0v) is 17.4. The number of carbonyl (C=O) groups is 1. The van der Waals surface area contributed by atoms with E-state index < -0.39 is 0 Å². The Morgan fingerprint density at radius 2 is 1.88 bits per heavy atom. The maximum absolute atomic E-state index is 12.8. The highest BCUT2D eigenvalue weighted by Gasteiger charge is 2.20.